The van der Waals surface area contributed by atoms with Crippen LogP contribution in [0.25, 0.3) is 0 Å². The quantitative estimate of drug-likeness (QED) is 0.591. The summed E-state index contributed by atoms with van der Waals surface area (Å²) in [6.45, 7) is 6.35. The molecule has 0 aromatic rings. The number of nitrogens with one attached hydrogen (secondary N) is 1. The van der Waals surface area contributed by atoms with Crippen molar-refractivity contribution in [3.63, 3.8) is 0 Å². The summed E-state index contributed by atoms with van der Waals surface area (Å²) in [4.78, 5) is 12.6. The van der Waals surface area contributed by atoms with Crippen molar-refractivity contribution in [1.82, 2.24) is 10.2 Å². The second-order valence-corrected chi connectivity index (χ2v) is 2.28. The lowest BCUT2D eigenvalue weighted by molar-refractivity contribution is 0.113. The van der Waals surface area contributed by atoms with Crippen LogP contribution in [0.1, 0.15) is 6.92 Å². The van der Waals surface area contributed by atoms with Gasteiger partial charge in [0.1, 0.15) is 0 Å². The molecule has 63 valence electrons. The maximum Gasteiger partial charge on any atom is 0.410 e. The number of hydrogen-bond donors (Lipinski definition) is 1. The van der Waals surface area contributed by atoms with Crippen LogP contribution in [0.3, 0.4) is 0 Å². The maximum atomic E-state index is 11.0. The minimum Gasteiger partial charge on any atom is -0.450 e. The predicted octanol–water partition coefficient (Wildman–Crippen LogP) is 0.210. The summed E-state index contributed by atoms with van der Waals surface area (Å²) in [7, 11) is 0. The Kier molecular flexibility index (Phi) is 3.16. The fourth-order valence-corrected chi connectivity index (χ4v) is 0.940. The van der Waals surface area contributed by atoms with Gasteiger partial charge in [0.15, 0.2) is 0 Å². The van der Waals surface area contributed by atoms with E-state index in [1.807, 2.05) is 6.54 Å². The van der Waals surface area contributed by atoms with Crippen molar-refractivity contribution in [2.45, 2.75) is 6.92 Å². The van der Waals surface area contributed by atoms with Crippen LogP contribution in [0.15, 0.2) is 0 Å². The van der Waals surface area contributed by atoms with Gasteiger partial charge < -0.3 is 15.0 Å². The Morgan fingerprint density at radius 3 is 3.18 bits per heavy atom. The van der Waals surface area contributed by atoms with Crippen LogP contribution in [0.2, 0.25) is 0 Å². The molecule has 11 heavy (non-hydrogen) atoms. The van der Waals surface area contributed by atoms with Crippen molar-refractivity contribution in [3.05, 3.63) is 6.54 Å². The Bertz CT molecular complexity index is 132. The number of piperazine rings is 1. The highest BCUT2D eigenvalue weighted by Crippen LogP contribution is 1.99. The first-order valence-corrected chi connectivity index (χ1v) is 3.82. The topological polar surface area (TPSA) is 41.6 Å². The molecule has 0 bridgehead atoms. The van der Waals surface area contributed by atoms with Crippen LogP contribution >= 0.6 is 0 Å². The summed E-state index contributed by atoms with van der Waals surface area (Å²) in [6.07, 6.45) is -0.242. The number of rotatable bonds is 1. The molecule has 1 aliphatic rings. The number of carbonyl (C=O) groups excluding carboxylic acids is 1. The van der Waals surface area contributed by atoms with Gasteiger partial charge in [-0.05, 0) is 6.92 Å². The van der Waals surface area contributed by atoms with Crippen molar-refractivity contribution in [3.8, 4) is 0 Å². The first-order chi connectivity index (χ1) is 5.34. The summed E-state index contributed by atoms with van der Waals surface area (Å²) in [5, 5.41) is 3.11. The number of hydrogen-bond acceptors (Lipinski definition) is 3. The summed E-state index contributed by atoms with van der Waals surface area (Å²) in [5.41, 5.74) is 0. The van der Waals surface area contributed by atoms with Gasteiger partial charge in [0.2, 0.25) is 0 Å². The van der Waals surface area contributed by atoms with E-state index in [9.17, 15) is 4.79 Å². The zero-order chi connectivity index (χ0) is 8.10. The SMILES string of the molecule is CCOC(=O)N1[CH]CNCC1. The van der Waals surface area contributed by atoms with E-state index in [1.165, 1.54) is 0 Å². The van der Waals surface area contributed by atoms with Gasteiger partial charge in [-0.25, -0.2) is 4.79 Å². The van der Waals surface area contributed by atoms with Crippen LogP contribution in [-0.4, -0.2) is 37.2 Å². The third-order valence-electron chi connectivity index (χ3n) is 1.49. The molecular weight excluding hydrogens is 144 g/mol. The standard InChI is InChI=1S/C7H13N2O2/c1-2-11-7(10)9-5-3-8-4-6-9/h5,8H,2-4,6H2,1H3. The van der Waals surface area contributed by atoms with Crippen molar-refractivity contribution in [2.24, 2.45) is 0 Å². The molecule has 1 fully saturated rings. The molecule has 4 heteroatoms. The fraction of sp³-hybridized carbons (Fsp3) is 0.714. The second kappa shape index (κ2) is 4.18. The zero-order valence-corrected chi connectivity index (χ0v) is 6.67. The van der Waals surface area contributed by atoms with Gasteiger partial charge in [0.05, 0.1) is 13.2 Å². The molecule has 1 aliphatic heterocycles. The molecule has 0 aliphatic carbocycles. The van der Waals surface area contributed by atoms with E-state index >= 15 is 0 Å². The molecular formula is C7H13N2O2. The minimum absolute atomic E-state index is 0.242. The maximum absolute atomic E-state index is 11.0. The molecule has 1 rings (SSSR count). The third kappa shape index (κ3) is 2.38. The summed E-state index contributed by atoms with van der Waals surface area (Å²) in [6, 6.07) is 0. The molecule has 1 radical (unpaired) electrons. The summed E-state index contributed by atoms with van der Waals surface area (Å²) >= 11 is 0. The highest BCUT2D eigenvalue weighted by atomic mass is 16.6. The number of amides is 1. The third-order valence-corrected chi connectivity index (χ3v) is 1.49. The highest BCUT2D eigenvalue weighted by molar-refractivity contribution is 5.68. The molecule has 4 nitrogen and oxygen atoms in total. The predicted molar refractivity (Wildman–Crippen MR) is 40.9 cm³/mol. The number of ether oxygens (including phenoxy) is 1. The normalized spacial score (nSPS) is 18.1. The van der Waals surface area contributed by atoms with Crippen LogP contribution in [-0.2, 0) is 4.74 Å². The Hall–Kier alpha value is -0.770. The van der Waals surface area contributed by atoms with Gasteiger partial charge in [0.25, 0.3) is 0 Å². The molecule has 1 heterocycles. The van der Waals surface area contributed by atoms with Crippen LogP contribution in [0.5, 0.6) is 0 Å². The Labute approximate surface area is 66.5 Å². The summed E-state index contributed by atoms with van der Waals surface area (Å²) in [5.74, 6) is 0. The van der Waals surface area contributed by atoms with Crippen LogP contribution in [0.4, 0.5) is 4.79 Å². The second-order valence-electron chi connectivity index (χ2n) is 2.28. The smallest absolute Gasteiger partial charge is 0.410 e. The van der Waals surface area contributed by atoms with Crippen LogP contribution < -0.4 is 5.32 Å². The first-order valence-electron chi connectivity index (χ1n) is 3.82. The monoisotopic (exact) mass is 157 g/mol. The zero-order valence-electron chi connectivity index (χ0n) is 6.67. The van der Waals surface area contributed by atoms with Crippen molar-refractivity contribution in [1.29, 1.82) is 0 Å². The first kappa shape index (κ1) is 8.33. The van der Waals surface area contributed by atoms with E-state index in [1.54, 1.807) is 11.8 Å². The van der Waals surface area contributed by atoms with E-state index in [0.717, 1.165) is 13.1 Å². The fourth-order valence-electron chi connectivity index (χ4n) is 0.940. The average Bonchev–Trinajstić information content (AvgIpc) is 2.07. The summed E-state index contributed by atoms with van der Waals surface area (Å²) < 4.78 is 4.81. The van der Waals surface area contributed by atoms with Gasteiger partial charge in [-0.3, -0.25) is 0 Å². The lowest BCUT2D eigenvalue weighted by Gasteiger charge is -2.25. The minimum atomic E-state index is -0.242. The average molecular weight is 157 g/mol. The molecule has 0 atom stereocenters. The molecule has 1 N–H and O–H groups in total. The van der Waals surface area contributed by atoms with E-state index in [4.69, 9.17) is 4.74 Å². The van der Waals surface area contributed by atoms with Crippen molar-refractivity contribution >= 4 is 6.09 Å². The largest absolute Gasteiger partial charge is 0.450 e. The molecule has 0 aromatic heterocycles. The Morgan fingerprint density at radius 1 is 1.82 bits per heavy atom. The molecule has 1 saturated heterocycles. The Morgan fingerprint density at radius 2 is 2.64 bits per heavy atom. The van der Waals surface area contributed by atoms with E-state index in [-0.39, 0.29) is 6.09 Å². The lowest BCUT2D eigenvalue weighted by Crippen LogP contribution is -2.43. The van der Waals surface area contributed by atoms with Gasteiger partial charge in [-0.15, -0.1) is 0 Å². The molecule has 0 spiro atoms. The molecule has 0 aromatic carbocycles. The van der Waals surface area contributed by atoms with Gasteiger partial charge in [-0.1, -0.05) is 0 Å². The van der Waals surface area contributed by atoms with E-state index in [0.29, 0.717) is 13.2 Å². The number of nitrogens with zero attached hydrogens (tertiary/aromatic N) is 1. The van der Waals surface area contributed by atoms with Crippen LogP contribution in [0, 0.1) is 6.54 Å². The molecule has 1 amide bonds. The highest BCUT2D eigenvalue weighted by Gasteiger charge is 2.16. The van der Waals surface area contributed by atoms with E-state index < -0.39 is 0 Å². The Balaban J connectivity index is 2.27. The molecule has 0 saturated carbocycles. The molecule has 0 unspecified atom stereocenters. The van der Waals surface area contributed by atoms with Gasteiger partial charge in [-0.2, -0.15) is 0 Å². The van der Waals surface area contributed by atoms with Crippen molar-refractivity contribution < 1.29 is 9.53 Å². The van der Waals surface area contributed by atoms with Crippen molar-refractivity contribution in [2.75, 3.05) is 26.2 Å². The van der Waals surface area contributed by atoms with Gasteiger partial charge >= 0.3 is 6.09 Å². The van der Waals surface area contributed by atoms with Gasteiger partial charge in [0, 0.05) is 19.6 Å². The number of carbonyl (C=O) groups is 1. The van der Waals surface area contributed by atoms with E-state index in [2.05, 4.69) is 5.32 Å². The lowest BCUT2D eigenvalue weighted by atomic mass is 10.4.